The fourth-order valence-corrected chi connectivity index (χ4v) is 2.07. The van der Waals surface area contributed by atoms with E-state index < -0.39 is 6.10 Å². The number of hydrogen-bond acceptors (Lipinski definition) is 3. The van der Waals surface area contributed by atoms with Gasteiger partial charge in [0.15, 0.2) is 0 Å². The van der Waals surface area contributed by atoms with Crippen molar-refractivity contribution in [3.8, 4) is 11.5 Å². The third-order valence-electron chi connectivity index (χ3n) is 3.41. The fraction of sp³-hybridized carbons (Fsp3) is 0.333. The smallest absolute Gasteiger partial charge is 0.127 e. The highest BCUT2D eigenvalue weighted by Crippen LogP contribution is 2.24. The summed E-state index contributed by atoms with van der Waals surface area (Å²) in [6.45, 7) is 2.68. The molecule has 0 aliphatic rings. The lowest BCUT2D eigenvalue weighted by Gasteiger charge is -2.10. The van der Waals surface area contributed by atoms with Crippen LogP contribution in [-0.4, -0.2) is 18.8 Å². The molecule has 0 aromatic heterocycles. The van der Waals surface area contributed by atoms with Gasteiger partial charge in [-0.05, 0) is 48.2 Å². The van der Waals surface area contributed by atoms with Gasteiger partial charge in [0.25, 0.3) is 0 Å². The van der Waals surface area contributed by atoms with Crippen LogP contribution in [0.2, 0.25) is 0 Å². The van der Waals surface area contributed by atoms with Crippen molar-refractivity contribution in [1.29, 1.82) is 0 Å². The molecule has 0 aliphatic heterocycles. The predicted molar refractivity (Wildman–Crippen MR) is 83.8 cm³/mol. The molecule has 0 bridgehead atoms. The average molecular weight is 286 g/mol. The van der Waals surface area contributed by atoms with E-state index in [1.807, 2.05) is 55.5 Å². The van der Waals surface area contributed by atoms with Gasteiger partial charge < -0.3 is 14.6 Å². The maximum Gasteiger partial charge on any atom is 0.127 e. The first-order valence-corrected chi connectivity index (χ1v) is 7.26. The van der Waals surface area contributed by atoms with Crippen molar-refractivity contribution < 1.29 is 14.6 Å². The van der Waals surface area contributed by atoms with Crippen LogP contribution in [0, 0.1) is 0 Å². The summed E-state index contributed by atoms with van der Waals surface area (Å²) in [6, 6.07) is 15.6. The zero-order valence-electron chi connectivity index (χ0n) is 12.6. The van der Waals surface area contributed by atoms with E-state index in [9.17, 15) is 5.11 Å². The van der Waals surface area contributed by atoms with Crippen LogP contribution in [0.25, 0.3) is 0 Å². The van der Waals surface area contributed by atoms with Gasteiger partial charge in [0, 0.05) is 7.11 Å². The summed E-state index contributed by atoms with van der Waals surface area (Å²) < 4.78 is 10.9. The topological polar surface area (TPSA) is 38.7 Å². The van der Waals surface area contributed by atoms with Gasteiger partial charge in [0.05, 0.1) is 12.7 Å². The van der Waals surface area contributed by atoms with Crippen LogP contribution < -0.4 is 4.74 Å². The molecule has 0 heterocycles. The van der Waals surface area contributed by atoms with Crippen LogP contribution in [0.5, 0.6) is 11.5 Å². The lowest BCUT2D eigenvalue weighted by Crippen LogP contribution is -1.95. The molecule has 0 spiro atoms. The minimum atomic E-state index is -0.404. The molecule has 0 amide bonds. The van der Waals surface area contributed by atoms with Crippen LogP contribution in [0.15, 0.2) is 48.5 Å². The minimum Gasteiger partial charge on any atom is -0.457 e. The molecule has 21 heavy (non-hydrogen) atoms. The number of methoxy groups -OCH3 is 1. The molecule has 1 atom stereocenters. The number of rotatable bonds is 7. The highest BCUT2D eigenvalue weighted by molar-refractivity contribution is 5.35. The molecule has 2 aromatic carbocycles. The molecular formula is C18H22O3. The van der Waals surface area contributed by atoms with Crippen molar-refractivity contribution >= 4 is 0 Å². The number of aliphatic hydroxyl groups excluding tert-OH is 1. The van der Waals surface area contributed by atoms with Crippen LogP contribution in [0.1, 0.15) is 30.6 Å². The standard InChI is InChI=1S/C18H22O3/c1-3-18(19)15-6-10-17(11-7-15)21-16-8-4-14(5-9-16)12-13-20-2/h4-11,18-19H,3,12-13H2,1-2H3. The second-order valence-corrected chi connectivity index (χ2v) is 4.98. The molecule has 0 radical (unpaired) electrons. The lowest BCUT2D eigenvalue weighted by atomic mass is 10.1. The maximum absolute atomic E-state index is 9.76. The second-order valence-electron chi connectivity index (χ2n) is 4.98. The van der Waals surface area contributed by atoms with E-state index in [0.29, 0.717) is 6.42 Å². The van der Waals surface area contributed by atoms with Crippen LogP contribution in [0.4, 0.5) is 0 Å². The van der Waals surface area contributed by atoms with Gasteiger partial charge in [-0.25, -0.2) is 0 Å². The molecule has 3 nitrogen and oxygen atoms in total. The van der Waals surface area contributed by atoms with Crippen molar-refractivity contribution in [2.45, 2.75) is 25.9 Å². The molecule has 3 heteroatoms. The molecule has 0 aliphatic carbocycles. The SMILES string of the molecule is CCC(O)c1ccc(Oc2ccc(CCOC)cc2)cc1. The first kappa shape index (κ1) is 15.5. The van der Waals surface area contributed by atoms with Crippen molar-refractivity contribution in [1.82, 2.24) is 0 Å². The summed E-state index contributed by atoms with van der Waals surface area (Å²) in [5.41, 5.74) is 2.14. The van der Waals surface area contributed by atoms with Crippen LogP contribution in [-0.2, 0) is 11.2 Å². The van der Waals surface area contributed by atoms with Crippen molar-refractivity contribution in [3.63, 3.8) is 0 Å². The summed E-state index contributed by atoms with van der Waals surface area (Å²) in [5.74, 6) is 1.58. The Labute approximate surface area is 126 Å². The van der Waals surface area contributed by atoms with E-state index in [1.165, 1.54) is 5.56 Å². The van der Waals surface area contributed by atoms with Gasteiger partial charge >= 0.3 is 0 Å². The number of ether oxygens (including phenoxy) is 2. The van der Waals surface area contributed by atoms with Crippen molar-refractivity contribution in [3.05, 3.63) is 59.7 Å². The lowest BCUT2D eigenvalue weighted by molar-refractivity contribution is 0.173. The summed E-state index contributed by atoms with van der Waals surface area (Å²) in [5, 5.41) is 9.76. The summed E-state index contributed by atoms with van der Waals surface area (Å²) in [7, 11) is 1.70. The number of benzene rings is 2. The number of hydrogen-bond donors (Lipinski definition) is 1. The van der Waals surface area contributed by atoms with Gasteiger partial charge in [-0.15, -0.1) is 0 Å². The van der Waals surface area contributed by atoms with Gasteiger partial charge in [-0.2, -0.15) is 0 Å². The van der Waals surface area contributed by atoms with Gasteiger partial charge in [0.2, 0.25) is 0 Å². The Morgan fingerprint density at radius 1 is 0.952 bits per heavy atom. The Kier molecular flexibility index (Phi) is 5.78. The van der Waals surface area contributed by atoms with Crippen LogP contribution >= 0.6 is 0 Å². The van der Waals surface area contributed by atoms with E-state index in [4.69, 9.17) is 9.47 Å². The van der Waals surface area contributed by atoms with Gasteiger partial charge in [-0.3, -0.25) is 0 Å². The Morgan fingerprint density at radius 2 is 1.52 bits per heavy atom. The largest absolute Gasteiger partial charge is 0.457 e. The predicted octanol–water partition coefficient (Wildman–Crippen LogP) is 4.11. The first-order chi connectivity index (χ1) is 10.2. The summed E-state index contributed by atoms with van der Waals surface area (Å²) in [6.07, 6.45) is 1.21. The molecule has 1 unspecified atom stereocenters. The Hall–Kier alpha value is -1.84. The maximum atomic E-state index is 9.76. The third-order valence-corrected chi connectivity index (χ3v) is 3.41. The quantitative estimate of drug-likeness (QED) is 0.832. The second kappa shape index (κ2) is 7.81. The fourth-order valence-electron chi connectivity index (χ4n) is 2.07. The molecule has 1 N–H and O–H groups in total. The molecule has 112 valence electrons. The molecule has 2 rings (SSSR count). The zero-order valence-corrected chi connectivity index (χ0v) is 12.6. The number of aliphatic hydroxyl groups is 1. The van der Waals surface area contributed by atoms with E-state index in [-0.39, 0.29) is 0 Å². The summed E-state index contributed by atoms with van der Waals surface area (Å²) in [4.78, 5) is 0. The molecule has 0 fully saturated rings. The van der Waals surface area contributed by atoms with Crippen molar-refractivity contribution in [2.75, 3.05) is 13.7 Å². The monoisotopic (exact) mass is 286 g/mol. The van der Waals surface area contributed by atoms with E-state index >= 15 is 0 Å². The first-order valence-electron chi connectivity index (χ1n) is 7.26. The summed E-state index contributed by atoms with van der Waals surface area (Å²) >= 11 is 0. The Balaban J connectivity index is 1.97. The zero-order chi connectivity index (χ0) is 15.1. The van der Waals surface area contributed by atoms with Crippen molar-refractivity contribution in [2.24, 2.45) is 0 Å². The third kappa shape index (κ3) is 4.59. The Morgan fingerprint density at radius 3 is 2.05 bits per heavy atom. The van der Waals surface area contributed by atoms with E-state index in [1.54, 1.807) is 7.11 Å². The van der Waals surface area contributed by atoms with E-state index in [0.717, 1.165) is 30.1 Å². The van der Waals surface area contributed by atoms with E-state index in [2.05, 4.69) is 0 Å². The molecule has 2 aromatic rings. The molecular weight excluding hydrogens is 264 g/mol. The Bertz CT molecular complexity index is 531. The van der Waals surface area contributed by atoms with Gasteiger partial charge in [0.1, 0.15) is 11.5 Å². The minimum absolute atomic E-state index is 0.404. The normalized spacial score (nSPS) is 12.1. The average Bonchev–Trinajstić information content (AvgIpc) is 2.54. The van der Waals surface area contributed by atoms with Crippen LogP contribution in [0.3, 0.4) is 0 Å². The molecule has 0 saturated carbocycles. The van der Waals surface area contributed by atoms with Gasteiger partial charge in [-0.1, -0.05) is 31.2 Å². The highest BCUT2D eigenvalue weighted by atomic mass is 16.5. The molecule has 0 saturated heterocycles. The highest BCUT2D eigenvalue weighted by Gasteiger charge is 2.05.